The van der Waals surface area contributed by atoms with Crippen LogP contribution in [0.2, 0.25) is 0 Å². The SMILES string of the molecule is OC(Cc1cn2ccsc2n1)c1cnc2ccsc2c1. The predicted molar refractivity (Wildman–Crippen MR) is 81.4 cm³/mol. The minimum Gasteiger partial charge on any atom is -0.388 e. The minimum atomic E-state index is -0.571. The van der Waals surface area contributed by atoms with Crippen molar-refractivity contribution in [3.63, 3.8) is 0 Å². The van der Waals surface area contributed by atoms with Crippen LogP contribution in [0.3, 0.4) is 0 Å². The third-order valence-corrected chi connectivity index (χ3v) is 4.88. The Morgan fingerprint density at radius 3 is 3.15 bits per heavy atom. The maximum atomic E-state index is 10.4. The smallest absolute Gasteiger partial charge is 0.193 e. The Labute approximate surface area is 123 Å². The van der Waals surface area contributed by atoms with E-state index in [1.165, 1.54) is 0 Å². The summed E-state index contributed by atoms with van der Waals surface area (Å²) in [5.74, 6) is 0. The van der Waals surface area contributed by atoms with E-state index in [0.717, 1.165) is 26.4 Å². The maximum Gasteiger partial charge on any atom is 0.193 e. The lowest BCUT2D eigenvalue weighted by atomic mass is 10.1. The van der Waals surface area contributed by atoms with Gasteiger partial charge in [0.1, 0.15) is 0 Å². The second-order valence-corrected chi connectivity index (χ2v) is 6.44. The van der Waals surface area contributed by atoms with Gasteiger partial charge in [-0.25, -0.2) is 4.98 Å². The van der Waals surface area contributed by atoms with Gasteiger partial charge in [-0.3, -0.25) is 9.38 Å². The van der Waals surface area contributed by atoms with Crippen molar-refractivity contribution in [3.8, 4) is 0 Å². The molecule has 20 heavy (non-hydrogen) atoms. The lowest BCUT2D eigenvalue weighted by Gasteiger charge is -2.08. The van der Waals surface area contributed by atoms with Crippen molar-refractivity contribution in [2.24, 2.45) is 0 Å². The molecular weight excluding hydrogens is 290 g/mol. The largest absolute Gasteiger partial charge is 0.388 e. The summed E-state index contributed by atoms with van der Waals surface area (Å²) < 4.78 is 3.08. The van der Waals surface area contributed by atoms with Crippen molar-refractivity contribution in [2.75, 3.05) is 0 Å². The van der Waals surface area contributed by atoms with Crippen molar-refractivity contribution in [3.05, 3.63) is 52.7 Å². The summed E-state index contributed by atoms with van der Waals surface area (Å²) in [6, 6.07) is 4.00. The average molecular weight is 301 g/mol. The highest BCUT2D eigenvalue weighted by Crippen LogP contribution is 2.25. The molecule has 4 heterocycles. The van der Waals surface area contributed by atoms with E-state index in [9.17, 15) is 5.11 Å². The van der Waals surface area contributed by atoms with Gasteiger partial charge >= 0.3 is 0 Å². The molecule has 0 saturated heterocycles. The number of aliphatic hydroxyl groups excluding tert-OH is 1. The zero-order valence-electron chi connectivity index (χ0n) is 10.4. The highest BCUT2D eigenvalue weighted by molar-refractivity contribution is 7.17. The number of hydrogen-bond donors (Lipinski definition) is 1. The lowest BCUT2D eigenvalue weighted by molar-refractivity contribution is 0.177. The molecule has 6 heteroatoms. The summed E-state index contributed by atoms with van der Waals surface area (Å²) >= 11 is 3.23. The summed E-state index contributed by atoms with van der Waals surface area (Å²) in [6.45, 7) is 0. The molecule has 4 aromatic rings. The monoisotopic (exact) mass is 301 g/mol. The number of nitrogens with zero attached hydrogens (tertiary/aromatic N) is 3. The molecule has 0 fully saturated rings. The molecule has 100 valence electrons. The molecule has 0 amide bonds. The van der Waals surface area contributed by atoms with Gasteiger partial charge < -0.3 is 5.11 Å². The lowest BCUT2D eigenvalue weighted by Crippen LogP contribution is -2.02. The molecule has 0 aromatic carbocycles. The van der Waals surface area contributed by atoms with E-state index in [0.29, 0.717) is 6.42 Å². The standard InChI is InChI=1S/C14H11N3OS2/c18-12(6-10-8-17-2-4-20-14(17)16-10)9-5-13-11(15-7-9)1-3-19-13/h1-5,7-8,12,18H,6H2. The van der Waals surface area contributed by atoms with Gasteiger partial charge in [-0.1, -0.05) is 0 Å². The summed E-state index contributed by atoms with van der Waals surface area (Å²) in [6.07, 6.45) is 5.62. The van der Waals surface area contributed by atoms with Crippen LogP contribution in [0.25, 0.3) is 15.2 Å². The number of rotatable bonds is 3. The van der Waals surface area contributed by atoms with Crippen molar-refractivity contribution in [2.45, 2.75) is 12.5 Å². The van der Waals surface area contributed by atoms with Gasteiger partial charge in [0, 0.05) is 36.0 Å². The minimum absolute atomic E-state index is 0.507. The Balaban J connectivity index is 1.62. The van der Waals surface area contributed by atoms with Gasteiger partial charge in [0.15, 0.2) is 4.96 Å². The number of thiophene rings is 1. The number of fused-ring (bicyclic) bond motifs is 2. The maximum absolute atomic E-state index is 10.4. The molecule has 0 aliphatic heterocycles. The molecule has 0 radical (unpaired) electrons. The predicted octanol–water partition coefficient (Wildman–Crippen LogP) is 3.28. The summed E-state index contributed by atoms with van der Waals surface area (Å²) in [5, 5.41) is 14.4. The van der Waals surface area contributed by atoms with Gasteiger partial charge in [-0.15, -0.1) is 22.7 Å². The quantitative estimate of drug-likeness (QED) is 0.632. The van der Waals surface area contributed by atoms with Gasteiger partial charge in [0.2, 0.25) is 0 Å². The van der Waals surface area contributed by atoms with Crippen LogP contribution in [-0.4, -0.2) is 19.5 Å². The molecule has 4 rings (SSSR count). The first-order valence-corrected chi connectivity index (χ1v) is 7.98. The topological polar surface area (TPSA) is 50.4 Å². The molecule has 4 aromatic heterocycles. The van der Waals surface area contributed by atoms with Crippen LogP contribution in [0.1, 0.15) is 17.4 Å². The summed E-state index contributed by atoms with van der Waals surface area (Å²) in [4.78, 5) is 9.82. The van der Waals surface area contributed by atoms with Crippen molar-refractivity contribution >= 4 is 37.9 Å². The fourth-order valence-corrected chi connectivity index (χ4v) is 3.74. The van der Waals surface area contributed by atoms with Crippen LogP contribution >= 0.6 is 22.7 Å². The van der Waals surface area contributed by atoms with Gasteiger partial charge in [0.25, 0.3) is 0 Å². The molecule has 0 bridgehead atoms. The van der Waals surface area contributed by atoms with Crippen molar-refractivity contribution in [1.29, 1.82) is 0 Å². The molecule has 1 atom stereocenters. The van der Waals surface area contributed by atoms with Crippen molar-refractivity contribution in [1.82, 2.24) is 14.4 Å². The molecular formula is C14H11N3OS2. The van der Waals surface area contributed by atoms with Crippen LogP contribution < -0.4 is 0 Å². The van der Waals surface area contributed by atoms with Crippen molar-refractivity contribution < 1.29 is 5.11 Å². The Morgan fingerprint density at radius 1 is 1.30 bits per heavy atom. The third-order valence-electron chi connectivity index (χ3n) is 3.25. The second-order valence-electron chi connectivity index (χ2n) is 4.62. The first-order valence-electron chi connectivity index (χ1n) is 6.22. The van der Waals surface area contributed by atoms with E-state index in [4.69, 9.17) is 0 Å². The first kappa shape index (κ1) is 12.0. The van der Waals surface area contributed by atoms with Crippen LogP contribution in [-0.2, 0) is 6.42 Å². The molecule has 4 nitrogen and oxygen atoms in total. The molecule has 0 aliphatic rings. The Bertz CT molecular complexity index is 848. The average Bonchev–Trinajstić information content (AvgIpc) is 3.11. The Kier molecular flexibility index (Phi) is 2.80. The van der Waals surface area contributed by atoms with E-state index in [2.05, 4.69) is 9.97 Å². The molecule has 1 N–H and O–H groups in total. The first-order chi connectivity index (χ1) is 9.79. The summed E-state index contributed by atoms with van der Waals surface area (Å²) in [5.41, 5.74) is 2.72. The second kappa shape index (κ2) is 4.66. The Morgan fingerprint density at radius 2 is 2.25 bits per heavy atom. The number of aliphatic hydroxyl groups is 1. The highest BCUT2D eigenvalue weighted by Gasteiger charge is 2.13. The molecule has 1 unspecified atom stereocenters. The number of aromatic nitrogens is 3. The van der Waals surface area contributed by atoms with E-state index < -0.39 is 6.10 Å². The zero-order chi connectivity index (χ0) is 13.5. The molecule has 0 spiro atoms. The van der Waals surface area contributed by atoms with E-state index in [-0.39, 0.29) is 0 Å². The van der Waals surface area contributed by atoms with Gasteiger partial charge in [-0.05, 0) is 17.5 Å². The highest BCUT2D eigenvalue weighted by atomic mass is 32.1. The summed E-state index contributed by atoms with van der Waals surface area (Å²) in [7, 11) is 0. The van der Waals surface area contributed by atoms with E-state index in [1.54, 1.807) is 28.9 Å². The zero-order valence-corrected chi connectivity index (χ0v) is 12.1. The molecule has 0 aliphatic carbocycles. The molecule has 0 saturated carbocycles. The van der Waals surface area contributed by atoms with Crippen LogP contribution in [0.5, 0.6) is 0 Å². The van der Waals surface area contributed by atoms with Crippen LogP contribution in [0.15, 0.2) is 41.5 Å². The van der Waals surface area contributed by atoms with Gasteiger partial charge in [0.05, 0.1) is 22.0 Å². The Hall–Kier alpha value is -1.76. The fraction of sp³-hybridized carbons (Fsp3) is 0.143. The number of imidazole rings is 1. The normalized spacial score (nSPS) is 13.2. The number of thiazole rings is 1. The third kappa shape index (κ3) is 2.02. The van der Waals surface area contributed by atoms with Crippen LogP contribution in [0.4, 0.5) is 0 Å². The number of pyridine rings is 1. The number of hydrogen-bond acceptors (Lipinski definition) is 5. The van der Waals surface area contributed by atoms with Crippen LogP contribution in [0, 0.1) is 0 Å². The van der Waals surface area contributed by atoms with E-state index in [1.807, 2.05) is 39.7 Å². The fourth-order valence-electron chi connectivity index (χ4n) is 2.23. The van der Waals surface area contributed by atoms with Gasteiger partial charge in [-0.2, -0.15) is 0 Å². The van der Waals surface area contributed by atoms with E-state index >= 15 is 0 Å².